The number of carbonyl (C=O) groups excluding carboxylic acids is 10. The summed E-state index contributed by atoms with van der Waals surface area (Å²) in [6.07, 6.45) is -12.9. The highest BCUT2D eigenvalue weighted by Crippen LogP contribution is 2.58. The molecule has 16 rings (SSSR count). The molecule has 14 atom stereocenters. The first kappa shape index (κ1) is 78.3. The number of aromatic hydroxyl groups is 3. The molecule has 5 unspecified atom stereocenters. The van der Waals surface area contributed by atoms with Crippen LogP contribution in [0.5, 0.6) is 46.0 Å². The van der Waals surface area contributed by atoms with Gasteiger partial charge in [-0.3, -0.25) is 43.3 Å². The fraction of sp³-hybridized carbons (Fsp3) is 0.487. The Kier molecular flexibility index (Phi) is 22.2. The van der Waals surface area contributed by atoms with Gasteiger partial charge in [0.05, 0.1) is 28.4 Å². The Balaban J connectivity index is 0.986. The van der Waals surface area contributed by atoms with Crippen LogP contribution in [0, 0.1) is 41.4 Å². The van der Waals surface area contributed by atoms with Crippen LogP contribution in [0.2, 0.25) is 10.0 Å². The normalized spacial score (nSPS) is 29.5. The molecule has 5 aromatic carbocycles. The number of ketones is 3. The summed E-state index contributed by atoms with van der Waals surface area (Å²) in [4.78, 5) is 149. The number of halogens is 2. The minimum Gasteiger partial charge on any atom is -0.508 e. The van der Waals surface area contributed by atoms with Gasteiger partial charge in [-0.15, -0.1) is 0 Å². The van der Waals surface area contributed by atoms with Crippen molar-refractivity contribution in [3.63, 3.8) is 0 Å². The number of fused-ring (bicyclic) bond motifs is 16. The number of rotatable bonds is 12. The van der Waals surface area contributed by atoms with Crippen LogP contribution >= 0.6 is 23.2 Å². The van der Waals surface area contributed by atoms with Gasteiger partial charge in [-0.1, -0.05) is 55.2 Å². The number of nitrogens with two attached hydrogens (primary N) is 1. The first-order chi connectivity index (χ1) is 52.0. The van der Waals surface area contributed by atoms with Gasteiger partial charge >= 0.3 is 12.2 Å². The maximum Gasteiger partial charge on any atom is 0.410 e. The highest BCUT2D eigenvalue weighted by molar-refractivity contribution is 6.32. The zero-order chi connectivity index (χ0) is 79.0. The number of alkyl carbamates (subject to hydrolysis) is 1. The molecule has 11 aliphatic rings. The second-order valence-electron chi connectivity index (χ2n) is 31.5. The minimum atomic E-state index is -2.17. The lowest BCUT2D eigenvalue weighted by Gasteiger charge is -2.54. The summed E-state index contributed by atoms with van der Waals surface area (Å²) in [5, 5.41) is 96.5. The standard InChI is InChI=1S/C78H87Cl2N7O23/c1-31(2)13-48(87(6)77(104)110-78(3,4)5)73(101)85-63-51(91)22-40(25-59(81)94)71(99)83-61-39-23-56(105-54-11-8-35(65(63)95)20-46(54)79)69(108-75-68(98)67(97)70-58(107-75)30-82-76(103)109-70)57(24-39)106-55-12-9-36(21-47(55)80)66(96)64-74(102)84-62(53(93)28-42-37-15-32-14-33(17-37)18-38(42)16-32)45-26-41(88)27-50(90)60(45)44-19-34(7-10-49(44)89)43(29-52(61)92)72(100)86-64/h7-12,19-21,23-24,26-27,31-33,37-38,40,42-43,48,58,61-68,70,75,88-90,95-98H,13-18,22,25,28-30H2,1-6H3,(H2,81,94)(H,82,103)(H,83,99)(H,84,102)(H,85,101)(H,86,100)/t32?,33?,37?,38?,40-,42?,43+,48+,58?,61+,62-,63-,64-,65+,66+,67?,68?,70?,75?/m0/s1. The van der Waals surface area contributed by atoms with Gasteiger partial charge in [0.1, 0.15) is 95.1 Å². The van der Waals surface area contributed by atoms with Gasteiger partial charge in [-0.2, -0.15) is 0 Å². The number of hydrogen-bond donors (Lipinski definition) is 13. The number of hydrogen-bond acceptors (Lipinski definition) is 23. The Morgan fingerprint density at radius 1 is 0.691 bits per heavy atom. The molecule has 586 valence electrons. The van der Waals surface area contributed by atoms with Gasteiger partial charge in [0.15, 0.2) is 35.0 Å². The number of aliphatic hydroxyl groups is 4. The molecule has 5 aromatic rings. The average Bonchev–Trinajstić information content (AvgIpc) is 0.754. The van der Waals surface area contributed by atoms with Crippen LogP contribution in [0.4, 0.5) is 9.59 Å². The highest BCUT2D eigenvalue weighted by Gasteiger charge is 2.53. The van der Waals surface area contributed by atoms with Crippen molar-refractivity contribution in [1.29, 1.82) is 0 Å². The lowest BCUT2D eigenvalue weighted by Crippen LogP contribution is -2.65. The molecule has 4 aliphatic carbocycles. The Hall–Kier alpha value is -9.82. The van der Waals surface area contributed by atoms with Gasteiger partial charge in [-0.05, 0) is 177 Å². The smallest absolute Gasteiger partial charge is 0.410 e. The number of amides is 7. The van der Waals surface area contributed by atoms with Crippen molar-refractivity contribution in [2.45, 2.75) is 183 Å². The highest BCUT2D eigenvalue weighted by atomic mass is 35.5. The Bertz CT molecular complexity index is 4520. The van der Waals surface area contributed by atoms with Gasteiger partial charge < -0.3 is 96.5 Å². The fourth-order valence-corrected chi connectivity index (χ4v) is 17.5. The van der Waals surface area contributed by atoms with Crippen molar-refractivity contribution in [2.75, 3.05) is 13.6 Å². The van der Waals surface area contributed by atoms with E-state index in [0.717, 1.165) is 73.4 Å². The summed E-state index contributed by atoms with van der Waals surface area (Å²) in [5.41, 5.74) is 3.28. The third kappa shape index (κ3) is 16.2. The van der Waals surface area contributed by atoms with Gasteiger partial charge in [0.2, 0.25) is 41.6 Å². The molecule has 4 saturated carbocycles. The van der Waals surface area contributed by atoms with Gasteiger partial charge in [-0.25, -0.2) is 9.59 Å². The van der Waals surface area contributed by atoms with Crippen LogP contribution in [0.25, 0.3) is 11.1 Å². The third-order valence-corrected chi connectivity index (χ3v) is 22.8. The van der Waals surface area contributed by atoms with E-state index in [1.165, 1.54) is 49.5 Å². The Labute approximate surface area is 640 Å². The molecule has 7 aliphatic heterocycles. The topological polar surface area (TPSA) is 457 Å². The predicted octanol–water partition coefficient (Wildman–Crippen LogP) is 7.19. The van der Waals surface area contributed by atoms with E-state index in [-0.39, 0.29) is 104 Å². The van der Waals surface area contributed by atoms with Crippen molar-refractivity contribution >= 4 is 82.3 Å². The van der Waals surface area contributed by atoms with Crippen LogP contribution in [-0.4, -0.2) is 168 Å². The number of benzene rings is 5. The molecule has 15 bridgehead atoms. The summed E-state index contributed by atoms with van der Waals surface area (Å²) in [6, 6.07) is 5.74. The molecular weight excluding hydrogens is 1470 g/mol. The molecule has 14 N–H and O–H groups in total. The van der Waals surface area contributed by atoms with Crippen molar-refractivity contribution in [3.8, 4) is 57.1 Å². The predicted molar refractivity (Wildman–Crippen MR) is 388 cm³/mol. The van der Waals surface area contributed by atoms with E-state index < -0.39 is 203 Å². The molecule has 6 fully saturated rings. The second kappa shape index (κ2) is 31.2. The summed E-state index contributed by atoms with van der Waals surface area (Å²) in [5.74, 6) is -15.4. The molecule has 7 amide bonds. The van der Waals surface area contributed by atoms with E-state index in [2.05, 4.69) is 26.6 Å². The number of carbonyl (C=O) groups is 10. The van der Waals surface area contributed by atoms with Crippen LogP contribution in [0.15, 0.2) is 78.9 Å². The summed E-state index contributed by atoms with van der Waals surface area (Å²) in [7, 11) is 1.30. The number of phenolic OH excluding ortho intramolecular Hbond substituents is 3. The van der Waals surface area contributed by atoms with Crippen molar-refractivity contribution < 1.29 is 112 Å². The maximum absolute atomic E-state index is 16.4. The van der Waals surface area contributed by atoms with Crippen LogP contribution in [-0.2, 0) is 52.6 Å². The monoisotopic (exact) mass is 1560 g/mol. The zero-order valence-electron chi connectivity index (χ0n) is 60.8. The number of Topliss-reactive ketones (excluding diaryl/α,β-unsaturated/α-hetero) is 3. The summed E-state index contributed by atoms with van der Waals surface area (Å²) in [6.45, 7) is 8.09. The molecule has 0 spiro atoms. The summed E-state index contributed by atoms with van der Waals surface area (Å²) >= 11 is 14.3. The van der Waals surface area contributed by atoms with Crippen molar-refractivity contribution in [3.05, 3.63) is 117 Å². The molecule has 0 radical (unpaired) electrons. The average molecular weight is 1560 g/mol. The SMILES string of the molecule is CC(C)C[C@H](C(=O)N[C@H]1C(=O)C[C@@H](CC(N)=O)C(=O)N[C@H]2C(=O)C[C@H]3C(=O)N[C@H](C(=O)N[C@H](C(=O)CC4C5CC6CC(C5)CC4C6)c4cc(O)cc(O)c4-c4cc3ccc4O)[C@H](O)c3ccc(c(Cl)c3)Oc3cc2cc(c3OC2OC3CNC(=O)OC3C(O)C2O)Oc2ccc(cc2Cl)[C@H]1O)N(C)C(=O)OC(C)(C)C. The van der Waals surface area contributed by atoms with Crippen LogP contribution in [0.3, 0.4) is 0 Å². The van der Waals surface area contributed by atoms with E-state index >= 15 is 28.8 Å². The third-order valence-electron chi connectivity index (χ3n) is 22.2. The van der Waals surface area contributed by atoms with E-state index in [1.807, 2.05) is 0 Å². The van der Waals surface area contributed by atoms with Crippen molar-refractivity contribution in [1.82, 2.24) is 31.5 Å². The number of aliphatic hydroxyl groups excluding tert-OH is 4. The number of nitrogens with zero attached hydrogens (tertiary/aromatic N) is 1. The lowest BCUT2D eigenvalue weighted by molar-refractivity contribution is -0.275. The number of phenols is 3. The molecule has 0 aromatic heterocycles. The summed E-state index contributed by atoms with van der Waals surface area (Å²) < 4.78 is 36.9. The molecule has 30 nitrogen and oxygen atoms in total. The maximum atomic E-state index is 16.4. The molecular formula is C78H87Cl2N7O23. The number of primary amides is 1. The van der Waals surface area contributed by atoms with E-state index in [1.54, 1.807) is 34.6 Å². The van der Waals surface area contributed by atoms with Gasteiger partial charge in [0.25, 0.3) is 0 Å². The van der Waals surface area contributed by atoms with Gasteiger partial charge in [0, 0.05) is 49.9 Å². The Morgan fingerprint density at radius 3 is 1.93 bits per heavy atom. The van der Waals surface area contributed by atoms with E-state index in [9.17, 15) is 54.9 Å². The molecule has 110 heavy (non-hydrogen) atoms. The first-order valence-electron chi connectivity index (χ1n) is 36.6. The Morgan fingerprint density at radius 2 is 1.32 bits per heavy atom. The van der Waals surface area contributed by atoms with Crippen LogP contribution < -0.4 is 46.5 Å². The second-order valence-corrected chi connectivity index (χ2v) is 32.4. The first-order valence-corrected chi connectivity index (χ1v) is 37.3. The number of ether oxygens (including phenoxy) is 6. The molecule has 32 heteroatoms. The van der Waals surface area contributed by atoms with E-state index in [0.29, 0.717) is 11.8 Å². The minimum absolute atomic E-state index is 0.0160. The number of nitrogens with one attached hydrogen (secondary N) is 5. The van der Waals surface area contributed by atoms with E-state index in [4.69, 9.17) is 57.4 Å². The quantitative estimate of drug-likeness (QED) is 0.0587. The van der Waals surface area contributed by atoms with Crippen molar-refractivity contribution in [2.24, 2.45) is 47.2 Å². The fourth-order valence-electron chi connectivity index (χ4n) is 17.0. The zero-order valence-corrected chi connectivity index (χ0v) is 62.3. The molecule has 2 saturated heterocycles. The molecule has 7 heterocycles. The lowest BCUT2D eigenvalue weighted by atomic mass is 9.51. The largest absolute Gasteiger partial charge is 0.508 e. The van der Waals surface area contributed by atoms with Crippen LogP contribution in [0.1, 0.15) is 157 Å². The number of likely N-dealkylation sites (N-methyl/N-ethyl adjacent to an activating group) is 1.